The lowest BCUT2D eigenvalue weighted by Gasteiger charge is -2.01. The van der Waals surface area contributed by atoms with Crippen molar-refractivity contribution < 1.29 is 19.1 Å². The third-order valence-electron chi connectivity index (χ3n) is 3.15. The van der Waals surface area contributed by atoms with E-state index in [0.29, 0.717) is 16.9 Å². The second-order valence-electron chi connectivity index (χ2n) is 4.34. The fourth-order valence-corrected chi connectivity index (χ4v) is 2.25. The second-order valence-corrected chi connectivity index (χ2v) is 4.34. The summed E-state index contributed by atoms with van der Waals surface area (Å²) in [7, 11) is 1.56. The second kappa shape index (κ2) is 4.74. The zero-order chi connectivity index (χ0) is 14.1. The molecule has 2 aromatic carbocycles. The minimum Gasteiger partial charge on any atom is -0.497 e. The molecule has 0 aliphatic carbocycles. The number of rotatable bonds is 3. The van der Waals surface area contributed by atoms with Crippen molar-refractivity contribution in [1.82, 2.24) is 0 Å². The van der Waals surface area contributed by atoms with Crippen LogP contribution >= 0.6 is 0 Å². The number of ether oxygens (including phenoxy) is 1. The van der Waals surface area contributed by atoms with Crippen molar-refractivity contribution in [3.05, 3.63) is 54.3 Å². The minimum atomic E-state index is -1.08. The molecule has 1 N–H and O–H groups in total. The maximum atomic E-state index is 11.4. The van der Waals surface area contributed by atoms with Crippen molar-refractivity contribution in [3.63, 3.8) is 0 Å². The number of benzene rings is 2. The Morgan fingerprint density at radius 1 is 1.15 bits per heavy atom. The van der Waals surface area contributed by atoms with Crippen LogP contribution in [0, 0.1) is 0 Å². The minimum absolute atomic E-state index is 0.0561. The molecule has 0 radical (unpaired) electrons. The molecule has 0 aliphatic rings. The number of carboxylic acid groups (broad SMARTS) is 1. The normalized spacial score (nSPS) is 10.7. The number of furan rings is 1. The lowest BCUT2D eigenvalue weighted by Crippen LogP contribution is -1.95. The van der Waals surface area contributed by atoms with E-state index in [1.807, 2.05) is 36.4 Å². The third kappa shape index (κ3) is 1.91. The van der Waals surface area contributed by atoms with E-state index < -0.39 is 5.97 Å². The van der Waals surface area contributed by atoms with Gasteiger partial charge >= 0.3 is 5.97 Å². The number of carbonyl (C=O) groups is 1. The van der Waals surface area contributed by atoms with Crippen LogP contribution in [0.15, 0.2) is 52.9 Å². The fraction of sp³-hybridized carbons (Fsp3) is 0.0625. The first kappa shape index (κ1) is 12.3. The van der Waals surface area contributed by atoms with Crippen LogP contribution in [0.3, 0.4) is 0 Å². The SMILES string of the molecule is COc1ccc2c(-c3ccccc3)c(C(=O)O)oc2c1. The summed E-state index contributed by atoms with van der Waals surface area (Å²) in [5.74, 6) is -0.513. The zero-order valence-corrected chi connectivity index (χ0v) is 10.8. The zero-order valence-electron chi connectivity index (χ0n) is 10.8. The maximum Gasteiger partial charge on any atom is 0.372 e. The summed E-state index contributed by atoms with van der Waals surface area (Å²) in [5, 5.41) is 10.1. The van der Waals surface area contributed by atoms with Gasteiger partial charge in [0.15, 0.2) is 0 Å². The molecule has 3 aromatic rings. The molecule has 1 aromatic heterocycles. The molecule has 3 rings (SSSR count). The highest BCUT2D eigenvalue weighted by atomic mass is 16.5. The number of aromatic carboxylic acids is 1. The van der Waals surface area contributed by atoms with E-state index in [2.05, 4.69) is 0 Å². The fourth-order valence-electron chi connectivity index (χ4n) is 2.25. The maximum absolute atomic E-state index is 11.4. The van der Waals surface area contributed by atoms with Gasteiger partial charge in [-0.3, -0.25) is 0 Å². The van der Waals surface area contributed by atoms with Crippen LogP contribution in [0.2, 0.25) is 0 Å². The van der Waals surface area contributed by atoms with E-state index in [9.17, 15) is 9.90 Å². The quantitative estimate of drug-likeness (QED) is 0.784. The monoisotopic (exact) mass is 268 g/mol. The number of carboxylic acids is 1. The van der Waals surface area contributed by atoms with Crippen molar-refractivity contribution >= 4 is 16.9 Å². The van der Waals surface area contributed by atoms with E-state index in [1.165, 1.54) is 0 Å². The van der Waals surface area contributed by atoms with Gasteiger partial charge in [0.05, 0.1) is 7.11 Å². The molecule has 0 saturated carbocycles. The number of methoxy groups -OCH3 is 1. The third-order valence-corrected chi connectivity index (χ3v) is 3.15. The van der Waals surface area contributed by atoms with Gasteiger partial charge in [0.2, 0.25) is 5.76 Å². The molecule has 0 aliphatic heterocycles. The Morgan fingerprint density at radius 3 is 2.55 bits per heavy atom. The van der Waals surface area contributed by atoms with Gasteiger partial charge in [0, 0.05) is 17.0 Å². The van der Waals surface area contributed by atoms with Crippen LogP contribution in [-0.2, 0) is 0 Å². The standard InChI is InChI=1S/C16H12O4/c1-19-11-7-8-12-13(9-11)20-15(16(17)18)14(12)10-5-3-2-4-6-10/h2-9H,1H3,(H,17,18). The molecule has 1 heterocycles. The van der Waals surface area contributed by atoms with Crippen molar-refractivity contribution in [2.45, 2.75) is 0 Å². The van der Waals surface area contributed by atoms with Gasteiger partial charge in [0.1, 0.15) is 11.3 Å². The molecule has 100 valence electrons. The molecule has 4 heteroatoms. The van der Waals surface area contributed by atoms with E-state index in [-0.39, 0.29) is 5.76 Å². The Morgan fingerprint density at radius 2 is 1.90 bits per heavy atom. The summed E-state index contributed by atoms with van der Waals surface area (Å²) in [6, 6.07) is 14.6. The summed E-state index contributed by atoms with van der Waals surface area (Å²) in [5.41, 5.74) is 1.91. The van der Waals surface area contributed by atoms with Crippen LogP contribution < -0.4 is 4.74 Å². The van der Waals surface area contributed by atoms with E-state index in [0.717, 1.165) is 10.9 Å². The van der Waals surface area contributed by atoms with Crippen molar-refractivity contribution in [2.24, 2.45) is 0 Å². The van der Waals surface area contributed by atoms with Crippen LogP contribution in [0.4, 0.5) is 0 Å². The van der Waals surface area contributed by atoms with Crippen LogP contribution in [0.5, 0.6) is 5.75 Å². The lowest BCUT2D eigenvalue weighted by atomic mass is 10.0. The topological polar surface area (TPSA) is 59.7 Å². The smallest absolute Gasteiger partial charge is 0.372 e. The molecule has 0 saturated heterocycles. The number of hydrogen-bond acceptors (Lipinski definition) is 3. The van der Waals surface area contributed by atoms with Crippen LogP contribution in [0.1, 0.15) is 10.6 Å². The van der Waals surface area contributed by atoms with Gasteiger partial charge < -0.3 is 14.3 Å². The Kier molecular flexibility index (Phi) is 2.91. The summed E-state index contributed by atoms with van der Waals surface area (Å²) < 4.78 is 10.6. The van der Waals surface area contributed by atoms with Gasteiger partial charge in [-0.1, -0.05) is 30.3 Å². The molecule has 0 unspecified atom stereocenters. The average Bonchev–Trinajstić information content (AvgIpc) is 2.86. The first-order valence-corrected chi connectivity index (χ1v) is 6.10. The summed E-state index contributed by atoms with van der Waals surface area (Å²) in [4.78, 5) is 11.4. The van der Waals surface area contributed by atoms with E-state index in [4.69, 9.17) is 9.15 Å². The predicted molar refractivity (Wildman–Crippen MR) is 75.2 cm³/mol. The van der Waals surface area contributed by atoms with Gasteiger partial charge in [-0.05, 0) is 17.7 Å². The first-order chi connectivity index (χ1) is 9.70. The summed E-state index contributed by atoms with van der Waals surface area (Å²) in [6.45, 7) is 0. The number of hydrogen-bond donors (Lipinski definition) is 1. The molecule has 0 fully saturated rings. The summed E-state index contributed by atoms with van der Waals surface area (Å²) >= 11 is 0. The molecule has 0 atom stereocenters. The highest BCUT2D eigenvalue weighted by Crippen LogP contribution is 2.36. The molecule has 0 spiro atoms. The Bertz CT molecular complexity index is 772. The van der Waals surface area contributed by atoms with Crippen molar-refractivity contribution in [1.29, 1.82) is 0 Å². The summed E-state index contributed by atoms with van der Waals surface area (Å²) in [6.07, 6.45) is 0. The van der Waals surface area contributed by atoms with E-state index >= 15 is 0 Å². The Hall–Kier alpha value is -2.75. The van der Waals surface area contributed by atoms with Gasteiger partial charge in [-0.25, -0.2) is 4.79 Å². The molecule has 0 amide bonds. The van der Waals surface area contributed by atoms with Crippen LogP contribution in [-0.4, -0.2) is 18.2 Å². The van der Waals surface area contributed by atoms with Gasteiger partial charge in [-0.2, -0.15) is 0 Å². The predicted octanol–water partition coefficient (Wildman–Crippen LogP) is 3.81. The molecule has 4 nitrogen and oxygen atoms in total. The molecule has 0 bridgehead atoms. The number of fused-ring (bicyclic) bond motifs is 1. The van der Waals surface area contributed by atoms with Crippen molar-refractivity contribution in [2.75, 3.05) is 7.11 Å². The molecular formula is C16H12O4. The largest absolute Gasteiger partial charge is 0.497 e. The van der Waals surface area contributed by atoms with Crippen LogP contribution in [0.25, 0.3) is 22.1 Å². The Labute approximate surface area is 115 Å². The highest BCUT2D eigenvalue weighted by Gasteiger charge is 2.21. The average molecular weight is 268 g/mol. The van der Waals surface area contributed by atoms with Crippen molar-refractivity contribution in [3.8, 4) is 16.9 Å². The Balaban J connectivity index is 2.33. The van der Waals surface area contributed by atoms with Gasteiger partial charge in [0.25, 0.3) is 0 Å². The van der Waals surface area contributed by atoms with Gasteiger partial charge in [-0.15, -0.1) is 0 Å². The highest BCUT2D eigenvalue weighted by molar-refractivity contribution is 6.05. The molecular weight excluding hydrogens is 256 g/mol. The lowest BCUT2D eigenvalue weighted by molar-refractivity contribution is 0.0666. The van der Waals surface area contributed by atoms with E-state index in [1.54, 1.807) is 19.2 Å². The first-order valence-electron chi connectivity index (χ1n) is 6.10. The molecule has 20 heavy (non-hydrogen) atoms.